The van der Waals surface area contributed by atoms with E-state index < -0.39 is 15.4 Å². The minimum absolute atomic E-state index is 0.170. The number of halogens is 1. The van der Waals surface area contributed by atoms with Crippen LogP contribution >= 0.6 is 11.6 Å². The van der Waals surface area contributed by atoms with Gasteiger partial charge in [0.15, 0.2) is 0 Å². The van der Waals surface area contributed by atoms with E-state index >= 15 is 0 Å². The Bertz CT molecular complexity index is 643. The van der Waals surface area contributed by atoms with Crippen LogP contribution in [0.15, 0.2) is 24.3 Å². The molecule has 1 aliphatic heterocycles. The van der Waals surface area contributed by atoms with Gasteiger partial charge in [0, 0.05) is 18.1 Å². The maximum Gasteiger partial charge on any atom is 0.235 e. The van der Waals surface area contributed by atoms with Gasteiger partial charge >= 0.3 is 0 Å². The minimum atomic E-state index is -3.22. The molecule has 1 aromatic rings. The standard InChI is InChI=1S/C14H19ClN2O3S/c1-14(2,10-15)13(18)16-11-5-3-6-12(9-11)17-7-4-8-21(17,19)20/h3,5-6,9H,4,7-8,10H2,1-2H3,(H,16,18). The van der Waals surface area contributed by atoms with E-state index in [-0.39, 0.29) is 17.5 Å². The lowest BCUT2D eigenvalue weighted by Gasteiger charge is -2.21. The molecule has 0 saturated carbocycles. The molecule has 1 aromatic carbocycles. The van der Waals surface area contributed by atoms with E-state index in [2.05, 4.69) is 5.32 Å². The summed E-state index contributed by atoms with van der Waals surface area (Å²) in [6, 6.07) is 6.86. The Kier molecular flexibility index (Phi) is 4.49. The summed E-state index contributed by atoms with van der Waals surface area (Å²) in [5, 5.41) is 2.78. The molecule has 1 amide bonds. The predicted octanol–water partition coefficient (Wildman–Crippen LogP) is 2.43. The lowest BCUT2D eigenvalue weighted by Crippen LogP contribution is -2.32. The van der Waals surface area contributed by atoms with Crippen LogP contribution in [0.2, 0.25) is 0 Å². The third-order valence-corrected chi connectivity index (χ3v) is 5.98. The molecule has 0 atom stereocenters. The molecule has 1 N–H and O–H groups in total. The molecule has 7 heteroatoms. The minimum Gasteiger partial charge on any atom is -0.326 e. The molecule has 2 rings (SSSR count). The Morgan fingerprint density at radius 2 is 2.14 bits per heavy atom. The largest absolute Gasteiger partial charge is 0.326 e. The molecule has 21 heavy (non-hydrogen) atoms. The highest BCUT2D eigenvalue weighted by Crippen LogP contribution is 2.27. The molecule has 0 spiro atoms. The quantitative estimate of drug-likeness (QED) is 0.862. The van der Waals surface area contributed by atoms with Crippen LogP contribution in [0.5, 0.6) is 0 Å². The second-order valence-corrected chi connectivity index (χ2v) is 8.04. The van der Waals surface area contributed by atoms with Crippen LogP contribution < -0.4 is 9.62 Å². The number of sulfonamides is 1. The molecule has 0 aliphatic carbocycles. The maximum atomic E-state index is 12.1. The number of hydrogen-bond donors (Lipinski definition) is 1. The Labute approximate surface area is 130 Å². The molecule has 116 valence electrons. The van der Waals surface area contributed by atoms with Crippen molar-refractivity contribution in [1.82, 2.24) is 0 Å². The van der Waals surface area contributed by atoms with E-state index in [0.29, 0.717) is 24.3 Å². The molecule has 5 nitrogen and oxygen atoms in total. The second kappa shape index (κ2) is 5.85. The van der Waals surface area contributed by atoms with Gasteiger partial charge in [0.05, 0.1) is 16.9 Å². The summed E-state index contributed by atoms with van der Waals surface area (Å²) in [4.78, 5) is 12.1. The van der Waals surface area contributed by atoms with Crippen molar-refractivity contribution in [2.45, 2.75) is 20.3 Å². The van der Waals surface area contributed by atoms with Crippen molar-refractivity contribution in [3.8, 4) is 0 Å². The molecule has 1 heterocycles. The third-order valence-electron chi connectivity index (χ3n) is 3.44. The molecule has 0 radical (unpaired) electrons. The van der Waals surface area contributed by atoms with Crippen LogP contribution in [0.4, 0.5) is 11.4 Å². The lowest BCUT2D eigenvalue weighted by molar-refractivity contribution is -0.122. The molecule has 1 aliphatic rings. The van der Waals surface area contributed by atoms with Crippen LogP contribution in [-0.4, -0.2) is 32.5 Å². The zero-order valence-electron chi connectivity index (χ0n) is 12.1. The maximum absolute atomic E-state index is 12.1. The smallest absolute Gasteiger partial charge is 0.235 e. The zero-order valence-corrected chi connectivity index (χ0v) is 13.7. The monoisotopic (exact) mass is 330 g/mol. The number of carbonyl (C=O) groups is 1. The summed E-state index contributed by atoms with van der Waals surface area (Å²) in [6.07, 6.45) is 0.623. The van der Waals surface area contributed by atoms with Gasteiger partial charge in [-0.05, 0) is 38.5 Å². The SMILES string of the molecule is CC(C)(CCl)C(=O)Nc1cccc(N2CCCS2(=O)=O)c1. The van der Waals surface area contributed by atoms with E-state index in [9.17, 15) is 13.2 Å². The van der Waals surface area contributed by atoms with E-state index in [1.807, 2.05) is 0 Å². The van der Waals surface area contributed by atoms with Crippen LogP contribution in [0.25, 0.3) is 0 Å². The van der Waals surface area contributed by atoms with E-state index in [0.717, 1.165) is 0 Å². The fraction of sp³-hybridized carbons (Fsp3) is 0.500. The third kappa shape index (κ3) is 3.49. The number of nitrogens with one attached hydrogen (secondary N) is 1. The number of alkyl halides is 1. The summed E-state index contributed by atoms with van der Waals surface area (Å²) in [5.41, 5.74) is 0.462. The Morgan fingerprint density at radius 3 is 2.71 bits per heavy atom. The first-order valence-corrected chi connectivity index (χ1v) is 8.88. The molecule has 0 bridgehead atoms. The van der Waals surface area contributed by atoms with Crippen LogP contribution in [0, 0.1) is 5.41 Å². The number of carbonyl (C=O) groups excluding carboxylic acids is 1. The Morgan fingerprint density at radius 1 is 1.43 bits per heavy atom. The first-order valence-electron chi connectivity index (χ1n) is 6.74. The fourth-order valence-corrected chi connectivity index (χ4v) is 3.71. The predicted molar refractivity (Wildman–Crippen MR) is 85.3 cm³/mol. The van der Waals surface area contributed by atoms with Gasteiger partial charge in [-0.3, -0.25) is 9.10 Å². The lowest BCUT2D eigenvalue weighted by atomic mass is 9.95. The summed E-state index contributed by atoms with van der Waals surface area (Å²) in [7, 11) is -3.22. The highest BCUT2D eigenvalue weighted by Gasteiger charge is 2.29. The van der Waals surface area contributed by atoms with Gasteiger partial charge in [-0.25, -0.2) is 8.42 Å². The van der Waals surface area contributed by atoms with Gasteiger partial charge in [0.2, 0.25) is 15.9 Å². The second-order valence-electron chi connectivity index (χ2n) is 5.76. The van der Waals surface area contributed by atoms with Gasteiger partial charge in [0.1, 0.15) is 0 Å². The Balaban J connectivity index is 2.21. The Hall–Kier alpha value is -1.27. The molecule has 1 saturated heterocycles. The van der Waals surface area contributed by atoms with Crippen LogP contribution in [0.1, 0.15) is 20.3 Å². The van der Waals surface area contributed by atoms with Gasteiger partial charge in [-0.1, -0.05) is 6.07 Å². The zero-order chi connectivity index (χ0) is 15.7. The number of anilines is 2. The number of amides is 1. The molecule has 0 unspecified atom stereocenters. The molecular formula is C14H19ClN2O3S. The molecular weight excluding hydrogens is 312 g/mol. The van der Waals surface area contributed by atoms with Gasteiger partial charge in [0.25, 0.3) is 0 Å². The van der Waals surface area contributed by atoms with Gasteiger partial charge < -0.3 is 5.32 Å². The van der Waals surface area contributed by atoms with Crippen molar-refractivity contribution in [1.29, 1.82) is 0 Å². The first kappa shape index (κ1) is 16.1. The van der Waals surface area contributed by atoms with Crippen molar-refractivity contribution in [2.75, 3.05) is 27.8 Å². The average Bonchev–Trinajstić information content (AvgIpc) is 2.78. The highest BCUT2D eigenvalue weighted by atomic mass is 35.5. The normalized spacial score (nSPS) is 17.8. The van der Waals surface area contributed by atoms with Crippen LogP contribution in [-0.2, 0) is 14.8 Å². The van der Waals surface area contributed by atoms with Crippen molar-refractivity contribution >= 4 is 38.9 Å². The number of hydrogen-bond acceptors (Lipinski definition) is 3. The summed E-state index contributed by atoms with van der Waals surface area (Å²) >= 11 is 5.78. The number of rotatable bonds is 4. The van der Waals surface area contributed by atoms with Crippen molar-refractivity contribution < 1.29 is 13.2 Å². The topological polar surface area (TPSA) is 66.5 Å². The van der Waals surface area contributed by atoms with Gasteiger partial charge in [-0.15, -0.1) is 11.6 Å². The van der Waals surface area contributed by atoms with Crippen molar-refractivity contribution in [2.24, 2.45) is 5.41 Å². The van der Waals surface area contributed by atoms with Crippen molar-refractivity contribution in [3.05, 3.63) is 24.3 Å². The first-order chi connectivity index (χ1) is 9.76. The average molecular weight is 331 g/mol. The van der Waals surface area contributed by atoms with E-state index in [1.54, 1.807) is 38.1 Å². The van der Waals surface area contributed by atoms with E-state index in [1.165, 1.54) is 4.31 Å². The summed E-state index contributed by atoms with van der Waals surface area (Å²) < 4.78 is 25.2. The van der Waals surface area contributed by atoms with E-state index in [4.69, 9.17) is 11.6 Å². The summed E-state index contributed by atoms with van der Waals surface area (Å²) in [6.45, 7) is 3.99. The highest BCUT2D eigenvalue weighted by molar-refractivity contribution is 7.93. The summed E-state index contributed by atoms with van der Waals surface area (Å²) in [5.74, 6) is 0.181. The van der Waals surface area contributed by atoms with Gasteiger partial charge in [-0.2, -0.15) is 0 Å². The van der Waals surface area contributed by atoms with Crippen LogP contribution in [0.3, 0.4) is 0 Å². The molecule has 1 fully saturated rings. The van der Waals surface area contributed by atoms with Crippen molar-refractivity contribution in [3.63, 3.8) is 0 Å². The fourth-order valence-electron chi connectivity index (χ4n) is 2.03. The number of benzene rings is 1. The number of nitrogens with zero attached hydrogens (tertiary/aromatic N) is 1. The molecule has 0 aromatic heterocycles.